The van der Waals surface area contributed by atoms with Gasteiger partial charge in [-0.1, -0.05) is 18.2 Å². The number of amides is 2. The Bertz CT molecular complexity index is 1420. The van der Waals surface area contributed by atoms with E-state index in [0.29, 0.717) is 36.0 Å². The van der Waals surface area contributed by atoms with Crippen LogP contribution in [-0.2, 0) is 28.2 Å². The van der Waals surface area contributed by atoms with E-state index in [4.69, 9.17) is 15.5 Å². The van der Waals surface area contributed by atoms with Crippen molar-refractivity contribution in [1.29, 1.82) is 0 Å². The van der Waals surface area contributed by atoms with Crippen molar-refractivity contribution in [2.24, 2.45) is 11.7 Å². The Labute approximate surface area is 210 Å². The molecule has 3 aliphatic rings. The van der Waals surface area contributed by atoms with Crippen LogP contribution in [0.3, 0.4) is 0 Å². The minimum Gasteiger partial charge on any atom is -0.468 e. The molecule has 8 nitrogen and oxygen atoms in total. The lowest BCUT2D eigenvalue weighted by Gasteiger charge is -2.52. The van der Waals surface area contributed by atoms with Gasteiger partial charge in [0.15, 0.2) is 5.72 Å². The van der Waals surface area contributed by atoms with E-state index >= 15 is 0 Å². The van der Waals surface area contributed by atoms with Crippen LogP contribution >= 0.6 is 23.1 Å². The number of thiophene rings is 1. The predicted octanol–water partition coefficient (Wildman–Crippen LogP) is 2.93. The molecule has 2 amide bonds. The Morgan fingerprint density at radius 3 is 3.00 bits per heavy atom. The number of benzene rings is 1. The van der Waals surface area contributed by atoms with Gasteiger partial charge in [-0.05, 0) is 43.4 Å². The minimum atomic E-state index is -0.903. The first-order valence-corrected chi connectivity index (χ1v) is 13.8. The highest BCUT2D eigenvalue weighted by Gasteiger charge is 2.55. The number of H-pyrrole nitrogens is 1. The zero-order valence-corrected chi connectivity index (χ0v) is 21.0. The molecule has 3 N–H and O–H groups in total. The van der Waals surface area contributed by atoms with Gasteiger partial charge < -0.3 is 20.4 Å². The summed E-state index contributed by atoms with van der Waals surface area (Å²) < 4.78 is 6.30. The van der Waals surface area contributed by atoms with E-state index in [1.807, 2.05) is 31.2 Å². The number of ether oxygens (including phenoxy) is 1. The summed E-state index contributed by atoms with van der Waals surface area (Å²) in [6.45, 7) is 2.30. The molecule has 3 atom stereocenters. The van der Waals surface area contributed by atoms with Crippen molar-refractivity contribution in [2.75, 3.05) is 12.3 Å². The summed E-state index contributed by atoms with van der Waals surface area (Å²) >= 11 is 3.21. The standard InChI is InChI=1S/C25H26N4O4S2/c1-25-11-15(13-5-2-3-7-16(13)33-25)19(21(26)30)24(32)29(25)9-10-34-12-18-27-22(31)20-14-6-4-8-17(14)35-23(20)28-18/h2-3,5,7,15,19H,4,6,8-12H2,1H3,(H2,26,30)(H,27,28,31)/t15-,19+,25-/m0/s1. The van der Waals surface area contributed by atoms with Crippen molar-refractivity contribution in [3.8, 4) is 5.75 Å². The summed E-state index contributed by atoms with van der Waals surface area (Å²) in [4.78, 5) is 49.8. The minimum absolute atomic E-state index is 0.0617. The van der Waals surface area contributed by atoms with E-state index in [1.165, 1.54) is 10.4 Å². The first-order valence-electron chi connectivity index (χ1n) is 11.9. The van der Waals surface area contributed by atoms with Gasteiger partial charge in [-0.25, -0.2) is 4.98 Å². The monoisotopic (exact) mass is 510 g/mol. The molecule has 2 aromatic heterocycles. The number of carbonyl (C=O) groups is 2. The molecule has 0 radical (unpaired) electrons. The lowest BCUT2D eigenvalue weighted by atomic mass is 9.73. The molecule has 1 saturated heterocycles. The number of para-hydroxylation sites is 1. The number of aryl methyl sites for hydroxylation is 2. The number of hydrogen-bond donors (Lipinski definition) is 2. The summed E-state index contributed by atoms with van der Waals surface area (Å²) in [6.07, 6.45) is 3.61. The first-order chi connectivity index (χ1) is 16.9. The van der Waals surface area contributed by atoms with E-state index in [-0.39, 0.29) is 17.4 Å². The number of nitrogens with two attached hydrogens (primary N) is 1. The summed E-state index contributed by atoms with van der Waals surface area (Å²) in [7, 11) is 0. The van der Waals surface area contributed by atoms with E-state index in [1.54, 1.807) is 28.0 Å². The Kier molecular flexibility index (Phi) is 5.41. The Morgan fingerprint density at radius 2 is 2.17 bits per heavy atom. The third-order valence-corrected chi connectivity index (χ3v) is 9.52. The molecule has 0 unspecified atom stereocenters. The number of likely N-dealkylation sites (tertiary alicyclic amines) is 1. The molecule has 35 heavy (non-hydrogen) atoms. The van der Waals surface area contributed by atoms with Crippen LogP contribution in [0.4, 0.5) is 0 Å². The second kappa shape index (κ2) is 8.37. The van der Waals surface area contributed by atoms with Crippen LogP contribution in [0.2, 0.25) is 0 Å². The highest BCUT2D eigenvalue weighted by Crippen LogP contribution is 2.50. The maximum atomic E-state index is 13.4. The van der Waals surface area contributed by atoms with Gasteiger partial charge in [-0.15, -0.1) is 11.3 Å². The number of rotatable bonds is 6. The molecule has 10 heteroatoms. The Hall–Kier alpha value is -2.85. The van der Waals surface area contributed by atoms with Crippen LogP contribution in [0.5, 0.6) is 5.75 Å². The van der Waals surface area contributed by atoms with Gasteiger partial charge in [0.2, 0.25) is 11.8 Å². The van der Waals surface area contributed by atoms with Crippen molar-refractivity contribution in [3.05, 3.63) is 56.4 Å². The van der Waals surface area contributed by atoms with E-state index in [9.17, 15) is 14.4 Å². The van der Waals surface area contributed by atoms with Gasteiger partial charge in [-0.2, -0.15) is 11.8 Å². The molecule has 2 aliphatic heterocycles. The van der Waals surface area contributed by atoms with Crippen molar-refractivity contribution in [1.82, 2.24) is 14.9 Å². The van der Waals surface area contributed by atoms with Crippen LogP contribution < -0.4 is 16.0 Å². The highest BCUT2D eigenvalue weighted by atomic mass is 32.2. The van der Waals surface area contributed by atoms with Crippen molar-refractivity contribution in [2.45, 2.75) is 50.0 Å². The van der Waals surface area contributed by atoms with Crippen LogP contribution in [0.15, 0.2) is 29.1 Å². The number of thioether (sulfide) groups is 1. The molecule has 1 fully saturated rings. The van der Waals surface area contributed by atoms with E-state index in [0.717, 1.165) is 35.0 Å². The van der Waals surface area contributed by atoms with Gasteiger partial charge in [0.05, 0.1) is 11.1 Å². The number of aromatic amines is 1. The molecule has 2 bridgehead atoms. The predicted molar refractivity (Wildman–Crippen MR) is 136 cm³/mol. The van der Waals surface area contributed by atoms with Gasteiger partial charge in [0.25, 0.3) is 5.56 Å². The lowest BCUT2D eigenvalue weighted by molar-refractivity contribution is -0.174. The largest absolute Gasteiger partial charge is 0.468 e. The highest BCUT2D eigenvalue weighted by molar-refractivity contribution is 7.98. The topological polar surface area (TPSA) is 118 Å². The molecule has 4 heterocycles. The number of nitrogens with zero attached hydrogens (tertiary/aromatic N) is 2. The van der Waals surface area contributed by atoms with Gasteiger partial charge in [0.1, 0.15) is 22.3 Å². The number of primary amides is 1. The van der Waals surface area contributed by atoms with Crippen molar-refractivity contribution >= 4 is 45.1 Å². The molecule has 0 saturated carbocycles. The fourth-order valence-electron chi connectivity index (χ4n) is 5.82. The first kappa shape index (κ1) is 22.6. The van der Waals surface area contributed by atoms with Gasteiger partial charge in [0, 0.05) is 29.5 Å². The molecule has 3 aromatic rings. The molecule has 0 spiro atoms. The molecule has 6 rings (SSSR count). The quantitative estimate of drug-likeness (QED) is 0.389. The Morgan fingerprint density at radius 1 is 1.34 bits per heavy atom. The van der Waals surface area contributed by atoms with Crippen molar-refractivity contribution < 1.29 is 14.3 Å². The number of hydrogen-bond acceptors (Lipinski definition) is 7. The number of nitrogens with one attached hydrogen (secondary N) is 1. The maximum Gasteiger partial charge on any atom is 0.259 e. The Balaban J connectivity index is 1.18. The second-order valence-corrected chi connectivity index (χ2v) is 11.8. The van der Waals surface area contributed by atoms with E-state index in [2.05, 4.69) is 4.98 Å². The number of aromatic nitrogens is 2. The van der Waals surface area contributed by atoms with Crippen molar-refractivity contribution in [3.63, 3.8) is 0 Å². The zero-order valence-electron chi connectivity index (χ0n) is 19.3. The van der Waals surface area contributed by atoms with Gasteiger partial charge in [-0.3, -0.25) is 14.4 Å². The summed E-state index contributed by atoms with van der Waals surface area (Å²) in [5.41, 5.74) is 6.83. The number of carbonyl (C=O) groups excluding carboxylic acids is 2. The van der Waals surface area contributed by atoms with Crippen LogP contribution in [-0.4, -0.2) is 44.7 Å². The third kappa shape index (κ3) is 3.65. The van der Waals surface area contributed by atoms with Crippen LogP contribution in [0.1, 0.15) is 47.5 Å². The molecule has 182 valence electrons. The molecular weight excluding hydrogens is 484 g/mol. The zero-order chi connectivity index (χ0) is 24.3. The summed E-state index contributed by atoms with van der Waals surface area (Å²) in [5.74, 6) is 0.388. The normalized spacial score (nSPS) is 24.8. The lowest BCUT2D eigenvalue weighted by Crippen LogP contribution is -2.64. The van der Waals surface area contributed by atoms with E-state index < -0.39 is 17.6 Å². The SMILES string of the molecule is C[C@@]12C[C@@H](c3ccccc3O1)[C@H](C(N)=O)C(=O)N2CCSCc1nc2sc3c(c2c(=O)[nH]1)CCC3. The molecule has 1 aliphatic carbocycles. The maximum absolute atomic E-state index is 13.4. The molecular formula is C25H26N4O4S2. The van der Waals surface area contributed by atoms with Gasteiger partial charge >= 0.3 is 0 Å². The summed E-state index contributed by atoms with van der Waals surface area (Å²) in [6, 6.07) is 7.55. The fraction of sp³-hybridized carbons (Fsp3) is 0.440. The van der Waals surface area contributed by atoms with Crippen LogP contribution in [0, 0.1) is 5.92 Å². The fourth-order valence-corrected chi connectivity index (χ4v) is 7.89. The second-order valence-electron chi connectivity index (χ2n) is 9.60. The average Bonchev–Trinajstić information content (AvgIpc) is 3.39. The van der Waals surface area contributed by atoms with Crippen LogP contribution in [0.25, 0.3) is 10.2 Å². The average molecular weight is 511 g/mol. The number of piperidine rings is 1. The third-order valence-electron chi connectivity index (χ3n) is 7.38. The smallest absolute Gasteiger partial charge is 0.259 e. The molecule has 1 aromatic carbocycles. The summed E-state index contributed by atoms with van der Waals surface area (Å²) in [5, 5.41) is 0.755. The number of fused-ring (bicyclic) bond motifs is 7.